The number of hydrogen-bond acceptors (Lipinski definition) is 5. The van der Waals surface area contributed by atoms with Crippen molar-refractivity contribution in [3.05, 3.63) is 65.9 Å². The molecule has 3 aromatic rings. The Labute approximate surface area is 184 Å². The Bertz CT molecular complexity index is 1240. The number of fused-ring (bicyclic) bond motifs is 1. The van der Waals surface area contributed by atoms with Gasteiger partial charge >= 0.3 is 6.61 Å². The monoisotopic (exact) mass is 461 g/mol. The molecule has 1 amide bonds. The van der Waals surface area contributed by atoms with Crippen molar-refractivity contribution in [1.29, 1.82) is 0 Å². The van der Waals surface area contributed by atoms with Crippen LogP contribution in [0.2, 0.25) is 0 Å². The first-order valence-corrected chi connectivity index (χ1v) is 11.4. The van der Waals surface area contributed by atoms with Gasteiger partial charge in [-0.25, -0.2) is 8.42 Å². The lowest BCUT2D eigenvalue weighted by molar-refractivity contribution is -0.0498. The van der Waals surface area contributed by atoms with Crippen LogP contribution in [0.4, 0.5) is 8.78 Å². The fraction of sp³-hybridized carbons (Fsp3) is 0.273. The largest absolute Gasteiger partial charge is 0.435 e. The van der Waals surface area contributed by atoms with Gasteiger partial charge in [-0.3, -0.25) is 9.78 Å². The van der Waals surface area contributed by atoms with Gasteiger partial charge < -0.3 is 9.64 Å². The van der Waals surface area contributed by atoms with E-state index in [1.54, 1.807) is 17.2 Å². The quantitative estimate of drug-likeness (QED) is 0.583. The number of benzene rings is 2. The van der Waals surface area contributed by atoms with Gasteiger partial charge in [0.1, 0.15) is 5.75 Å². The molecule has 0 N–H and O–H groups in total. The number of rotatable bonds is 5. The van der Waals surface area contributed by atoms with Gasteiger partial charge in [0, 0.05) is 43.3 Å². The number of carbonyl (C=O) groups is 1. The second-order valence-electron chi connectivity index (χ2n) is 7.36. The number of hydrogen-bond donors (Lipinski definition) is 0. The summed E-state index contributed by atoms with van der Waals surface area (Å²) in [6.45, 7) is -0.382. The molecule has 2 heterocycles. The van der Waals surface area contributed by atoms with Gasteiger partial charge in [0.2, 0.25) is 10.0 Å². The van der Waals surface area contributed by atoms with Crippen molar-refractivity contribution >= 4 is 26.8 Å². The number of ether oxygens (including phenoxy) is 1. The van der Waals surface area contributed by atoms with E-state index < -0.39 is 16.6 Å². The highest BCUT2D eigenvalue weighted by Crippen LogP contribution is 2.24. The highest BCUT2D eigenvalue weighted by Gasteiger charge is 2.31. The fourth-order valence-electron chi connectivity index (χ4n) is 3.77. The molecule has 1 aliphatic heterocycles. The van der Waals surface area contributed by atoms with Gasteiger partial charge in [0.05, 0.1) is 10.4 Å². The van der Waals surface area contributed by atoms with Crippen molar-refractivity contribution in [3.63, 3.8) is 0 Å². The normalized spacial score (nSPS) is 15.3. The number of aryl methyl sites for hydroxylation is 1. The maximum absolute atomic E-state index is 13.1. The first kappa shape index (κ1) is 22.1. The number of nitrogens with zero attached hydrogens (tertiary/aromatic N) is 3. The Morgan fingerprint density at radius 2 is 1.72 bits per heavy atom. The number of amides is 1. The Morgan fingerprint density at radius 3 is 2.38 bits per heavy atom. The molecule has 7 nitrogen and oxygen atoms in total. The Balaban J connectivity index is 1.45. The van der Waals surface area contributed by atoms with E-state index in [-0.39, 0.29) is 42.7 Å². The SMILES string of the molecule is Cc1c(C(=O)N2CCN(S(=O)(=O)c3ccc(OC(F)F)cc3)CC2)ccc2cccnc12. The molecule has 168 valence electrons. The molecule has 0 aliphatic carbocycles. The second-order valence-corrected chi connectivity index (χ2v) is 9.30. The Morgan fingerprint density at radius 1 is 1.03 bits per heavy atom. The number of carbonyl (C=O) groups excluding carboxylic acids is 1. The average molecular weight is 461 g/mol. The van der Waals surface area contributed by atoms with Crippen molar-refractivity contribution in [1.82, 2.24) is 14.2 Å². The topological polar surface area (TPSA) is 79.8 Å². The molecule has 0 unspecified atom stereocenters. The van der Waals surface area contributed by atoms with E-state index in [4.69, 9.17) is 0 Å². The van der Waals surface area contributed by atoms with Crippen LogP contribution >= 0.6 is 0 Å². The highest BCUT2D eigenvalue weighted by atomic mass is 32.2. The number of aromatic nitrogens is 1. The van der Waals surface area contributed by atoms with E-state index in [1.807, 2.05) is 25.1 Å². The van der Waals surface area contributed by atoms with Gasteiger partial charge in [-0.1, -0.05) is 12.1 Å². The smallest absolute Gasteiger partial charge is 0.387 e. The number of halogens is 2. The molecule has 1 fully saturated rings. The molecule has 1 saturated heterocycles. The molecule has 10 heteroatoms. The lowest BCUT2D eigenvalue weighted by atomic mass is 10.0. The zero-order valence-corrected chi connectivity index (χ0v) is 18.1. The summed E-state index contributed by atoms with van der Waals surface area (Å²) in [6.07, 6.45) is 1.68. The Hall–Kier alpha value is -3.11. The van der Waals surface area contributed by atoms with E-state index in [0.717, 1.165) is 16.5 Å². The van der Waals surface area contributed by atoms with Gasteiger partial charge in [-0.15, -0.1) is 0 Å². The summed E-state index contributed by atoms with van der Waals surface area (Å²) in [5.41, 5.74) is 2.09. The molecule has 1 aliphatic rings. The first-order chi connectivity index (χ1) is 15.3. The van der Waals surface area contributed by atoms with Crippen LogP contribution in [-0.4, -0.2) is 61.3 Å². The van der Waals surface area contributed by atoms with E-state index in [9.17, 15) is 22.0 Å². The molecule has 0 atom stereocenters. The van der Waals surface area contributed by atoms with E-state index in [2.05, 4.69) is 9.72 Å². The highest BCUT2D eigenvalue weighted by molar-refractivity contribution is 7.89. The van der Waals surface area contributed by atoms with E-state index in [0.29, 0.717) is 5.56 Å². The van der Waals surface area contributed by atoms with Crippen LogP contribution in [0, 0.1) is 6.92 Å². The number of sulfonamides is 1. The molecular weight excluding hydrogens is 440 g/mol. The molecule has 4 rings (SSSR count). The predicted octanol–water partition coefficient (Wildman–Crippen LogP) is 3.29. The number of piperazine rings is 1. The summed E-state index contributed by atoms with van der Waals surface area (Å²) in [5.74, 6) is -0.282. The van der Waals surface area contributed by atoms with E-state index in [1.165, 1.54) is 28.6 Å². The molecule has 0 saturated carbocycles. The molecule has 0 bridgehead atoms. The molecule has 0 radical (unpaired) electrons. The van der Waals surface area contributed by atoms with Crippen molar-refractivity contribution in [2.45, 2.75) is 18.4 Å². The van der Waals surface area contributed by atoms with Gasteiger partial charge in [0.25, 0.3) is 5.91 Å². The van der Waals surface area contributed by atoms with E-state index >= 15 is 0 Å². The third-order valence-electron chi connectivity index (χ3n) is 5.47. The van der Waals surface area contributed by atoms with Crippen LogP contribution < -0.4 is 4.74 Å². The minimum Gasteiger partial charge on any atom is -0.435 e. The van der Waals surface area contributed by atoms with Gasteiger partial charge in [-0.05, 0) is 48.9 Å². The number of alkyl halides is 2. The Kier molecular flexibility index (Phi) is 6.07. The zero-order valence-electron chi connectivity index (χ0n) is 17.2. The third kappa shape index (κ3) is 4.28. The van der Waals surface area contributed by atoms with Crippen molar-refractivity contribution in [2.75, 3.05) is 26.2 Å². The standard InChI is InChI=1S/C22H21F2N3O4S/c1-15-19(9-4-16-3-2-10-25-20(15)16)21(28)26-11-13-27(14-12-26)32(29,30)18-7-5-17(6-8-18)31-22(23)24/h2-10,22H,11-14H2,1H3. The van der Waals surface area contributed by atoms with Crippen LogP contribution in [0.15, 0.2) is 59.6 Å². The molecule has 0 spiro atoms. The van der Waals surface area contributed by atoms with Gasteiger partial charge in [0.15, 0.2) is 0 Å². The third-order valence-corrected chi connectivity index (χ3v) is 7.38. The number of pyridine rings is 1. The average Bonchev–Trinajstić information content (AvgIpc) is 2.79. The molecule has 32 heavy (non-hydrogen) atoms. The summed E-state index contributed by atoms with van der Waals surface area (Å²) in [7, 11) is -3.82. The van der Waals surface area contributed by atoms with Crippen molar-refractivity contribution < 1.29 is 26.7 Å². The summed E-state index contributed by atoms with van der Waals surface area (Å²) in [6, 6.07) is 12.2. The maximum atomic E-state index is 13.1. The summed E-state index contributed by atoms with van der Waals surface area (Å²) in [4.78, 5) is 19.0. The van der Waals surface area contributed by atoms with Crippen LogP contribution in [0.3, 0.4) is 0 Å². The maximum Gasteiger partial charge on any atom is 0.387 e. The molecule has 2 aromatic carbocycles. The van der Waals surface area contributed by atoms with Crippen molar-refractivity contribution in [3.8, 4) is 5.75 Å². The first-order valence-electron chi connectivity index (χ1n) is 9.96. The van der Waals surface area contributed by atoms with Crippen LogP contribution in [-0.2, 0) is 10.0 Å². The predicted molar refractivity (Wildman–Crippen MR) is 114 cm³/mol. The fourth-order valence-corrected chi connectivity index (χ4v) is 5.19. The van der Waals surface area contributed by atoms with Crippen LogP contribution in [0.1, 0.15) is 15.9 Å². The lowest BCUT2D eigenvalue weighted by Crippen LogP contribution is -2.50. The van der Waals surface area contributed by atoms with Gasteiger partial charge in [-0.2, -0.15) is 13.1 Å². The minimum atomic E-state index is -3.82. The van der Waals surface area contributed by atoms with Crippen molar-refractivity contribution in [2.24, 2.45) is 0 Å². The summed E-state index contributed by atoms with van der Waals surface area (Å²) < 4.78 is 55.9. The summed E-state index contributed by atoms with van der Waals surface area (Å²) >= 11 is 0. The van der Waals surface area contributed by atoms with Crippen LogP contribution in [0.5, 0.6) is 5.75 Å². The lowest BCUT2D eigenvalue weighted by Gasteiger charge is -2.34. The molecule has 1 aromatic heterocycles. The minimum absolute atomic E-state index is 0.0182. The summed E-state index contributed by atoms with van der Waals surface area (Å²) in [5, 5.41) is 0.947. The van der Waals surface area contributed by atoms with Crippen LogP contribution in [0.25, 0.3) is 10.9 Å². The second kappa shape index (κ2) is 8.79. The molecular formula is C22H21F2N3O4S. The zero-order chi connectivity index (χ0) is 22.9.